The van der Waals surface area contributed by atoms with Gasteiger partial charge in [-0.05, 0) is 31.1 Å². The van der Waals surface area contributed by atoms with Crippen molar-refractivity contribution in [2.45, 2.75) is 43.6 Å². The first-order chi connectivity index (χ1) is 10.7. The standard InChI is InChI=1S/C17H22O4S/c1-20-14-6-4-5-13(15(14)21-12-7-10-22-11-12)17(16(18)19)8-2-3-9-17/h4-6,12H,2-3,7-11H2,1H3,(H,18,19). The topological polar surface area (TPSA) is 55.8 Å². The van der Waals surface area contributed by atoms with Crippen LogP contribution < -0.4 is 9.47 Å². The van der Waals surface area contributed by atoms with Gasteiger partial charge >= 0.3 is 5.97 Å². The van der Waals surface area contributed by atoms with E-state index in [4.69, 9.17) is 9.47 Å². The van der Waals surface area contributed by atoms with Crippen LogP contribution in [0.3, 0.4) is 0 Å². The van der Waals surface area contributed by atoms with E-state index in [0.717, 1.165) is 36.3 Å². The quantitative estimate of drug-likeness (QED) is 0.899. The Balaban J connectivity index is 2.03. The van der Waals surface area contributed by atoms with Crippen molar-refractivity contribution in [1.82, 2.24) is 0 Å². The monoisotopic (exact) mass is 322 g/mol. The minimum absolute atomic E-state index is 0.146. The van der Waals surface area contributed by atoms with E-state index in [1.54, 1.807) is 7.11 Å². The molecule has 4 nitrogen and oxygen atoms in total. The molecule has 1 unspecified atom stereocenters. The largest absolute Gasteiger partial charge is 0.493 e. The number of hydrogen-bond acceptors (Lipinski definition) is 4. The van der Waals surface area contributed by atoms with Gasteiger partial charge in [-0.25, -0.2) is 0 Å². The number of carboxylic acids is 1. The second-order valence-corrected chi connectivity index (χ2v) is 7.18. The molecule has 1 aromatic carbocycles. The molecule has 1 saturated heterocycles. The fourth-order valence-corrected chi connectivity index (χ4v) is 4.62. The van der Waals surface area contributed by atoms with Crippen LogP contribution in [0.5, 0.6) is 11.5 Å². The SMILES string of the molecule is COc1cccc(C2(C(=O)O)CCCC2)c1OC1CCSC1. The molecule has 1 N–H and O–H groups in total. The zero-order valence-electron chi connectivity index (χ0n) is 12.8. The molecular weight excluding hydrogens is 300 g/mol. The summed E-state index contributed by atoms with van der Waals surface area (Å²) in [6.07, 6.45) is 4.38. The number of rotatable bonds is 5. The molecule has 1 aliphatic carbocycles. The Hall–Kier alpha value is -1.36. The van der Waals surface area contributed by atoms with Gasteiger partial charge in [0, 0.05) is 11.3 Å². The van der Waals surface area contributed by atoms with Crippen molar-refractivity contribution in [3.05, 3.63) is 23.8 Å². The van der Waals surface area contributed by atoms with Crippen LogP contribution in [0.15, 0.2) is 18.2 Å². The molecule has 120 valence electrons. The molecule has 1 heterocycles. The number of carbonyl (C=O) groups is 1. The molecule has 0 bridgehead atoms. The van der Waals surface area contributed by atoms with Crippen molar-refractivity contribution in [3.8, 4) is 11.5 Å². The lowest BCUT2D eigenvalue weighted by Crippen LogP contribution is -2.33. The number of methoxy groups -OCH3 is 1. The molecule has 5 heteroatoms. The van der Waals surface area contributed by atoms with Crippen LogP contribution >= 0.6 is 11.8 Å². The van der Waals surface area contributed by atoms with Crippen LogP contribution in [0.2, 0.25) is 0 Å². The number of hydrogen-bond donors (Lipinski definition) is 1. The molecule has 3 rings (SSSR count). The smallest absolute Gasteiger partial charge is 0.314 e. The summed E-state index contributed by atoms with van der Waals surface area (Å²) in [6.45, 7) is 0. The van der Waals surface area contributed by atoms with E-state index in [-0.39, 0.29) is 6.10 Å². The van der Waals surface area contributed by atoms with Crippen LogP contribution in [-0.2, 0) is 10.2 Å². The van der Waals surface area contributed by atoms with E-state index in [0.29, 0.717) is 24.3 Å². The molecule has 1 aromatic rings. The van der Waals surface area contributed by atoms with E-state index in [1.807, 2.05) is 30.0 Å². The molecule has 2 fully saturated rings. The van der Waals surface area contributed by atoms with E-state index in [2.05, 4.69) is 0 Å². The summed E-state index contributed by atoms with van der Waals surface area (Å²) in [7, 11) is 1.61. The number of ether oxygens (including phenoxy) is 2. The molecule has 0 spiro atoms. The maximum Gasteiger partial charge on any atom is 0.314 e. The zero-order valence-corrected chi connectivity index (χ0v) is 13.7. The first kappa shape index (κ1) is 15.5. The average Bonchev–Trinajstić information content (AvgIpc) is 3.19. The zero-order chi connectivity index (χ0) is 15.6. The Labute approximate surface area is 135 Å². The molecule has 1 atom stereocenters. The second kappa shape index (κ2) is 6.41. The normalized spacial score (nSPS) is 23.4. The van der Waals surface area contributed by atoms with E-state index < -0.39 is 11.4 Å². The summed E-state index contributed by atoms with van der Waals surface area (Å²) in [5.74, 6) is 2.59. The van der Waals surface area contributed by atoms with Crippen molar-refractivity contribution in [2.24, 2.45) is 0 Å². The number of aliphatic carboxylic acids is 1. The van der Waals surface area contributed by atoms with Gasteiger partial charge in [0.15, 0.2) is 11.5 Å². The molecule has 2 aliphatic rings. The number of thioether (sulfide) groups is 1. The first-order valence-electron chi connectivity index (χ1n) is 7.82. The Morgan fingerprint density at radius 2 is 2.14 bits per heavy atom. The van der Waals surface area contributed by atoms with Crippen molar-refractivity contribution in [3.63, 3.8) is 0 Å². The number of benzene rings is 1. The lowest BCUT2D eigenvalue weighted by molar-refractivity contribution is -0.143. The molecule has 0 aromatic heterocycles. The van der Waals surface area contributed by atoms with E-state index >= 15 is 0 Å². The predicted octanol–water partition coefficient (Wildman–Crippen LogP) is 3.48. The summed E-state index contributed by atoms with van der Waals surface area (Å²) in [4.78, 5) is 12.0. The molecule has 0 amide bonds. The summed E-state index contributed by atoms with van der Waals surface area (Å²) in [5.41, 5.74) is -0.0379. The van der Waals surface area contributed by atoms with Gasteiger partial charge in [-0.2, -0.15) is 11.8 Å². The van der Waals surface area contributed by atoms with Gasteiger partial charge in [-0.15, -0.1) is 0 Å². The highest BCUT2D eigenvalue weighted by Gasteiger charge is 2.45. The highest BCUT2D eigenvalue weighted by molar-refractivity contribution is 7.99. The van der Waals surface area contributed by atoms with Gasteiger partial charge < -0.3 is 14.6 Å². The summed E-state index contributed by atoms with van der Waals surface area (Å²) in [6, 6.07) is 5.62. The highest BCUT2D eigenvalue weighted by Crippen LogP contribution is 2.48. The van der Waals surface area contributed by atoms with Gasteiger partial charge in [-0.1, -0.05) is 25.0 Å². The molecule has 0 radical (unpaired) electrons. The maximum absolute atomic E-state index is 12.0. The van der Waals surface area contributed by atoms with E-state index in [1.165, 1.54) is 0 Å². The Morgan fingerprint density at radius 3 is 2.73 bits per heavy atom. The highest BCUT2D eigenvalue weighted by atomic mass is 32.2. The third kappa shape index (κ3) is 2.67. The summed E-state index contributed by atoms with van der Waals surface area (Å²) >= 11 is 1.88. The average molecular weight is 322 g/mol. The summed E-state index contributed by atoms with van der Waals surface area (Å²) in [5, 5.41) is 9.87. The van der Waals surface area contributed by atoms with Gasteiger partial charge in [0.05, 0.1) is 12.5 Å². The van der Waals surface area contributed by atoms with Crippen molar-refractivity contribution in [1.29, 1.82) is 0 Å². The molecule has 1 aliphatic heterocycles. The maximum atomic E-state index is 12.0. The van der Waals surface area contributed by atoms with Crippen LogP contribution in [0.25, 0.3) is 0 Å². The molecule has 1 saturated carbocycles. The fraction of sp³-hybridized carbons (Fsp3) is 0.588. The third-order valence-corrected chi connectivity index (χ3v) is 5.89. The van der Waals surface area contributed by atoms with Gasteiger partial charge in [0.1, 0.15) is 6.10 Å². The van der Waals surface area contributed by atoms with Crippen molar-refractivity contribution < 1.29 is 19.4 Å². The molecule has 22 heavy (non-hydrogen) atoms. The fourth-order valence-electron chi connectivity index (χ4n) is 3.52. The van der Waals surface area contributed by atoms with Gasteiger partial charge in [0.25, 0.3) is 0 Å². The first-order valence-corrected chi connectivity index (χ1v) is 8.98. The Morgan fingerprint density at radius 1 is 1.36 bits per heavy atom. The Bertz CT molecular complexity index is 546. The molecular formula is C17H22O4S. The van der Waals surface area contributed by atoms with Gasteiger partial charge in [-0.3, -0.25) is 4.79 Å². The van der Waals surface area contributed by atoms with Crippen LogP contribution in [0.4, 0.5) is 0 Å². The second-order valence-electron chi connectivity index (χ2n) is 6.03. The lowest BCUT2D eigenvalue weighted by atomic mass is 9.78. The minimum Gasteiger partial charge on any atom is -0.493 e. The Kier molecular flexibility index (Phi) is 4.52. The predicted molar refractivity (Wildman–Crippen MR) is 87.1 cm³/mol. The lowest BCUT2D eigenvalue weighted by Gasteiger charge is -2.28. The summed E-state index contributed by atoms with van der Waals surface area (Å²) < 4.78 is 11.7. The van der Waals surface area contributed by atoms with Gasteiger partial charge in [0.2, 0.25) is 0 Å². The van der Waals surface area contributed by atoms with Crippen LogP contribution in [0.1, 0.15) is 37.7 Å². The van der Waals surface area contributed by atoms with Crippen LogP contribution in [0, 0.1) is 0 Å². The number of para-hydroxylation sites is 1. The minimum atomic E-state index is -0.824. The van der Waals surface area contributed by atoms with Crippen molar-refractivity contribution >= 4 is 17.7 Å². The van der Waals surface area contributed by atoms with Crippen molar-refractivity contribution in [2.75, 3.05) is 18.6 Å². The number of carboxylic acid groups (broad SMARTS) is 1. The third-order valence-electron chi connectivity index (χ3n) is 4.75. The van der Waals surface area contributed by atoms with Crippen LogP contribution in [-0.4, -0.2) is 35.8 Å². The van der Waals surface area contributed by atoms with E-state index in [9.17, 15) is 9.90 Å².